The van der Waals surface area contributed by atoms with Crippen molar-refractivity contribution in [3.63, 3.8) is 0 Å². The Kier molecular flexibility index (Phi) is 3.68. The molecule has 1 aliphatic rings. The number of para-hydroxylation sites is 1. The summed E-state index contributed by atoms with van der Waals surface area (Å²) in [5, 5.41) is 7.82. The van der Waals surface area contributed by atoms with Gasteiger partial charge in [0.1, 0.15) is 5.82 Å². The Bertz CT molecular complexity index is 829. The number of nitrogen functional groups attached to an aromatic ring is 1. The second-order valence-corrected chi connectivity index (χ2v) is 6.35. The predicted octanol–water partition coefficient (Wildman–Crippen LogP) is 1.90. The average Bonchev–Trinajstić information content (AvgIpc) is 3.24. The molecule has 3 N–H and O–H groups in total. The summed E-state index contributed by atoms with van der Waals surface area (Å²) < 4.78 is 0. The minimum absolute atomic E-state index is 0.269. The largest absolute Gasteiger partial charge is 0.371 e. The second-order valence-electron chi connectivity index (χ2n) is 6.35. The number of benzene rings is 1. The van der Waals surface area contributed by atoms with Gasteiger partial charge in [0, 0.05) is 32.4 Å². The van der Waals surface area contributed by atoms with Crippen LogP contribution in [0, 0.1) is 5.92 Å². The van der Waals surface area contributed by atoms with Crippen molar-refractivity contribution < 1.29 is 0 Å². The van der Waals surface area contributed by atoms with Gasteiger partial charge in [-0.1, -0.05) is 18.2 Å². The first-order chi connectivity index (χ1) is 11.7. The second kappa shape index (κ2) is 5.99. The summed E-state index contributed by atoms with van der Waals surface area (Å²) in [5.41, 5.74) is 7.80. The Morgan fingerprint density at radius 1 is 1.29 bits per heavy atom. The van der Waals surface area contributed by atoms with E-state index in [1.54, 1.807) is 6.20 Å². The lowest BCUT2D eigenvalue weighted by Gasteiger charge is -2.23. The van der Waals surface area contributed by atoms with Crippen LogP contribution in [-0.4, -0.2) is 46.8 Å². The van der Waals surface area contributed by atoms with E-state index < -0.39 is 0 Å². The monoisotopic (exact) mass is 323 g/mol. The molecule has 0 radical (unpaired) electrons. The van der Waals surface area contributed by atoms with Gasteiger partial charge >= 0.3 is 0 Å². The molecule has 4 rings (SSSR count). The van der Waals surface area contributed by atoms with Crippen molar-refractivity contribution in [3.05, 3.63) is 36.5 Å². The summed E-state index contributed by atoms with van der Waals surface area (Å²) in [6.07, 6.45) is 2.93. The van der Waals surface area contributed by atoms with Crippen LogP contribution in [-0.2, 0) is 0 Å². The van der Waals surface area contributed by atoms with Gasteiger partial charge in [0.15, 0.2) is 5.65 Å². The molecule has 124 valence electrons. The van der Waals surface area contributed by atoms with Gasteiger partial charge in [0.2, 0.25) is 5.95 Å². The molecule has 7 nitrogen and oxygen atoms in total. The first kappa shape index (κ1) is 14.7. The summed E-state index contributed by atoms with van der Waals surface area (Å²) in [4.78, 5) is 13.2. The van der Waals surface area contributed by atoms with Crippen LogP contribution in [0.15, 0.2) is 36.5 Å². The molecule has 1 fully saturated rings. The molecule has 0 spiro atoms. The zero-order valence-electron chi connectivity index (χ0n) is 13.7. The zero-order chi connectivity index (χ0) is 16.5. The highest BCUT2D eigenvalue weighted by Gasteiger charge is 2.25. The first-order valence-electron chi connectivity index (χ1n) is 8.18. The van der Waals surface area contributed by atoms with Gasteiger partial charge < -0.3 is 15.5 Å². The number of rotatable bonds is 4. The van der Waals surface area contributed by atoms with Crippen molar-refractivity contribution in [1.82, 2.24) is 20.2 Å². The lowest BCUT2D eigenvalue weighted by molar-refractivity contribution is 0.582. The average molecular weight is 323 g/mol. The Morgan fingerprint density at radius 3 is 2.96 bits per heavy atom. The van der Waals surface area contributed by atoms with E-state index in [9.17, 15) is 0 Å². The number of nitrogens with two attached hydrogens (primary N) is 1. The molecule has 3 heterocycles. The third-order valence-corrected chi connectivity index (χ3v) is 4.61. The van der Waals surface area contributed by atoms with Crippen molar-refractivity contribution in [3.8, 4) is 0 Å². The number of nitrogens with zero attached hydrogens (tertiary/aromatic N) is 5. The number of H-pyrrole nitrogens is 1. The first-order valence-corrected chi connectivity index (χ1v) is 8.18. The van der Waals surface area contributed by atoms with E-state index in [4.69, 9.17) is 5.73 Å². The molecular weight excluding hydrogens is 302 g/mol. The molecule has 1 atom stereocenters. The lowest BCUT2D eigenvalue weighted by Crippen LogP contribution is -2.29. The van der Waals surface area contributed by atoms with Gasteiger partial charge in [0.25, 0.3) is 0 Å². The summed E-state index contributed by atoms with van der Waals surface area (Å²) in [5.74, 6) is 1.70. The van der Waals surface area contributed by atoms with Crippen LogP contribution in [0.1, 0.15) is 6.42 Å². The van der Waals surface area contributed by atoms with E-state index in [0.29, 0.717) is 11.6 Å². The predicted molar refractivity (Wildman–Crippen MR) is 96.1 cm³/mol. The quantitative estimate of drug-likeness (QED) is 0.762. The number of aromatic nitrogens is 4. The lowest BCUT2D eigenvalue weighted by atomic mass is 10.1. The highest BCUT2D eigenvalue weighted by Crippen LogP contribution is 2.27. The molecule has 2 aromatic heterocycles. The SMILES string of the molecule is CN(CC1CCN(c2ccccc2)C1)c1nc(N)nc2[nH]ncc12. The van der Waals surface area contributed by atoms with Gasteiger partial charge in [-0.25, -0.2) is 0 Å². The van der Waals surface area contributed by atoms with Crippen molar-refractivity contribution in [2.45, 2.75) is 6.42 Å². The molecule has 0 aliphatic carbocycles. The van der Waals surface area contributed by atoms with Crippen LogP contribution in [0.4, 0.5) is 17.5 Å². The molecule has 1 aromatic carbocycles. The van der Waals surface area contributed by atoms with Gasteiger partial charge in [-0.3, -0.25) is 5.10 Å². The van der Waals surface area contributed by atoms with E-state index in [2.05, 4.69) is 67.3 Å². The third-order valence-electron chi connectivity index (χ3n) is 4.61. The normalized spacial score (nSPS) is 17.5. The molecular formula is C17H21N7. The fraction of sp³-hybridized carbons (Fsp3) is 0.353. The summed E-state index contributed by atoms with van der Waals surface area (Å²) in [6, 6.07) is 10.6. The molecule has 7 heteroatoms. The fourth-order valence-corrected chi connectivity index (χ4v) is 3.46. The van der Waals surface area contributed by atoms with Crippen LogP contribution in [0.25, 0.3) is 11.0 Å². The molecule has 3 aromatic rings. The van der Waals surface area contributed by atoms with E-state index in [1.807, 2.05) is 0 Å². The number of hydrogen-bond donors (Lipinski definition) is 2. The molecule has 1 unspecified atom stereocenters. The Morgan fingerprint density at radius 2 is 2.12 bits per heavy atom. The topological polar surface area (TPSA) is 87.0 Å². The Hall–Kier alpha value is -2.83. The third kappa shape index (κ3) is 2.73. The number of aromatic amines is 1. The fourth-order valence-electron chi connectivity index (χ4n) is 3.46. The summed E-state index contributed by atoms with van der Waals surface area (Å²) >= 11 is 0. The highest BCUT2D eigenvalue weighted by atomic mass is 15.2. The van der Waals surface area contributed by atoms with Crippen molar-refractivity contribution in [2.24, 2.45) is 5.92 Å². The number of anilines is 3. The maximum absolute atomic E-state index is 5.82. The minimum Gasteiger partial charge on any atom is -0.371 e. The molecule has 0 bridgehead atoms. The van der Waals surface area contributed by atoms with Crippen molar-refractivity contribution >= 4 is 28.5 Å². The standard InChI is InChI=1S/C17H21N7/c1-23(16-14-9-19-22-15(14)20-17(18)21-16)10-12-7-8-24(11-12)13-5-3-2-4-6-13/h2-6,9,12H,7-8,10-11H2,1H3,(H3,18,19,20,21,22). The van der Waals surface area contributed by atoms with E-state index >= 15 is 0 Å². The van der Waals surface area contributed by atoms with Gasteiger partial charge in [0.05, 0.1) is 11.6 Å². The maximum Gasteiger partial charge on any atom is 0.224 e. The molecule has 1 saturated heterocycles. The number of fused-ring (bicyclic) bond motifs is 1. The van der Waals surface area contributed by atoms with Crippen LogP contribution >= 0.6 is 0 Å². The maximum atomic E-state index is 5.82. The molecule has 24 heavy (non-hydrogen) atoms. The van der Waals surface area contributed by atoms with Crippen LogP contribution in [0.3, 0.4) is 0 Å². The summed E-state index contributed by atoms with van der Waals surface area (Å²) in [7, 11) is 2.05. The molecule has 0 amide bonds. The van der Waals surface area contributed by atoms with E-state index in [1.165, 1.54) is 12.1 Å². The Labute approximate surface area is 140 Å². The Balaban J connectivity index is 1.48. The minimum atomic E-state index is 0.269. The van der Waals surface area contributed by atoms with Gasteiger partial charge in [-0.2, -0.15) is 15.1 Å². The van der Waals surface area contributed by atoms with Gasteiger partial charge in [-0.05, 0) is 24.5 Å². The van der Waals surface area contributed by atoms with Crippen molar-refractivity contribution in [1.29, 1.82) is 0 Å². The van der Waals surface area contributed by atoms with Crippen LogP contribution < -0.4 is 15.5 Å². The van der Waals surface area contributed by atoms with Crippen LogP contribution in [0.5, 0.6) is 0 Å². The number of hydrogen-bond acceptors (Lipinski definition) is 6. The number of nitrogens with one attached hydrogen (secondary N) is 1. The zero-order valence-corrected chi connectivity index (χ0v) is 13.7. The summed E-state index contributed by atoms with van der Waals surface area (Å²) in [6.45, 7) is 3.08. The van der Waals surface area contributed by atoms with Crippen molar-refractivity contribution in [2.75, 3.05) is 42.2 Å². The van der Waals surface area contributed by atoms with Crippen LogP contribution in [0.2, 0.25) is 0 Å². The smallest absolute Gasteiger partial charge is 0.224 e. The van der Waals surface area contributed by atoms with Gasteiger partial charge in [-0.15, -0.1) is 0 Å². The van der Waals surface area contributed by atoms with E-state index in [0.717, 1.165) is 30.8 Å². The molecule has 1 aliphatic heterocycles. The highest BCUT2D eigenvalue weighted by molar-refractivity contribution is 5.87. The van der Waals surface area contributed by atoms with E-state index in [-0.39, 0.29) is 5.95 Å². The molecule has 0 saturated carbocycles.